The molecule has 1 N–H and O–H groups in total. The van der Waals surface area contributed by atoms with Crippen LogP contribution < -0.4 is 10.1 Å². The summed E-state index contributed by atoms with van der Waals surface area (Å²) in [5, 5.41) is 3.32. The fourth-order valence-electron chi connectivity index (χ4n) is 3.41. The van der Waals surface area contributed by atoms with Crippen LogP contribution in [0.5, 0.6) is 5.75 Å². The minimum absolute atomic E-state index is 0.0250. The average molecular weight is 347 g/mol. The van der Waals surface area contributed by atoms with Gasteiger partial charge in [0.2, 0.25) is 5.91 Å². The molecule has 3 heterocycles. The molecule has 3 aromatic rings. The normalized spacial score (nSPS) is 14.3. The van der Waals surface area contributed by atoms with Crippen molar-refractivity contribution in [3.05, 3.63) is 66.0 Å². The smallest absolute Gasteiger partial charge is 0.235 e. The van der Waals surface area contributed by atoms with Crippen molar-refractivity contribution in [2.45, 2.75) is 12.8 Å². The van der Waals surface area contributed by atoms with E-state index < -0.39 is 0 Å². The van der Waals surface area contributed by atoms with Crippen LogP contribution >= 0.6 is 0 Å². The Morgan fingerprint density at radius 1 is 1.31 bits per heavy atom. The molecule has 0 saturated carbocycles. The monoisotopic (exact) mass is 347 g/mol. The maximum atomic E-state index is 13.0. The molecule has 0 amide bonds. The Kier molecular flexibility index (Phi) is 4.54. The van der Waals surface area contributed by atoms with Gasteiger partial charge in [-0.05, 0) is 48.4 Å². The van der Waals surface area contributed by atoms with Gasteiger partial charge in [0.05, 0.1) is 24.6 Å². The van der Waals surface area contributed by atoms with Gasteiger partial charge in [-0.2, -0.15) is 0 Å². The summed E-state index contributed by atoms with van der Waals surface area (Å²) in [4.78, 5) is 17.5. The van der Waals surface area contributed by atoms with E-state index in [2.05, 4.69) is 16.4 Å². The fourth-order valence-corrected chi connectivity index (χ4v) is 3.41. The van der Waals surface area contributed by atoms with Crippen molar-refractivity contribution in [3.8, 4) is 5.75 Å². The summed E-state index contributed by atoms with van der Waals surface area (Å²) in [6.45, 7) is 1.80. The second kappa shape index (κ2) is 7.14. The first-order valence-corrected chi connectivity index (χ1v) is 8.78. The lowest BCUT2D eigenvalue weighted by atomic mass is 10.0. The first-order chi connectivity index (χ1) is 12.8. The minimum Gasteiger partial charge on any atom is -0.497 e. The molecular formula is C21H21N3O2. The minimum atomic E-state index is 0.0250. The van der Waals surface area contributed by atoms with E-state index in [0.717, 1.165) is 47.4 Å². The second-order valence-corrected chi connectivity index (χ2v) is 6.39. The number of pyridine rings is 1. The van der Waals surface area contributed by atoms with E-state index in [9.17, 15) is 4.79 Å². The van der Waals surface area contributed by atoms with Gasteiger partial charge in [0.15, 0.2) is 0 Å². The molecule has 0 aliphatic carbocycles. The summed E-state index contributed by atoms with van der Waals surface area (Å²) in [6, 6.07) is 11.5. The van der Waals surface area contributed by atoms with Crippen LogP contribution in [-0.2, 0) is 6.42 Å². The van der Waals surface area contributed by atoms with Gasteiger partial charge in [-0.1, -0.05) is 18.2 Å². The summed E-state index contributed by atoms with van der Waals surface area (Å²) in [5.41, 5.74) is 4.98. The quantitative estimate of drug-likeness (QED) is 0.787. The molecule has 132 valence electrons. The zero-order valence-corrected chi connectivity index (χ0v) is 14.7. The molecule has 0 radical (unpaired) electrons. The zero-order chi connectivity index (χ0) is 17.9. The third-order valence-corrected chi connectivity index (χ3v) is 4.73. The van der Waals surface area contributed by atoms with E-state index >= 15 is 0 Å². The molecule has 1 aromatic carbocycles. The molecule has 1 aliphatic heterocycles. The van der Waals surface area contributed by atoms with E-state index in [1.807, 2.05) is 42.6 Å². The molecule has 0 unspecified atom stereocenters. The van der Waals surface area contributed by atoms with Gasteiger partial charge < -0.3 is 10.1 Å². The van der Waals surface area contributed by atoms with Crippen LogP contribution in [0.3, 0.4) is 0 Å². The molecule has 2 aromatic heterocycles. The molecule has 0 fully saturated rings. The van der Waals surface area contributed by atoms with Crippen molar-refractivity contribution in [3.63, 3.8) is 0 Å². The number of fused-ring (bicyclic) bond motifs is 1. The van der Waals surface area contributed by atoms with Crippen LogP contribution in [0.4, 0.5) is 0 Å². The average Bonchev–Trinajstić information content (AvgIpc) is 3.09. The van der Waals surface area contributed by atoms with Crippen molar-refractivity contribution in [2.24, 2.45) is 0 Å². The van der Waals surface area contributed by atoms with Crippen LogP contribution in [0, 0.1) is 0 Å². The highest BCUT2D eigenvalue weighted by atomic mass is 16.5. The van der Waals surface area contributed by atoms with E-state index in [4.69, 9.17) is 4.74 Å². The van der Waals surface area contributed by atoms with Crippen LogP contribution in [0.25, 0.3) is 16.6 Å². The van der Waals surface area contributed by atoms with Gasteiger partial charge in [-0.25, -0.2) is 0 Å². The lowest BCUT2D eigenvalue weighted by Crippen LogP contribution is -2.20. The maximum absolute atomic E-state index is 13.0. The molecule has 4 rings (SSSR count). The van der Waals surface area contributed by atoms with Gasteiger partial charge in [0.1, 0.15) is 5.75 Å². The molecule has 0 spiro atoms. The van der Waals surface area contributed by atoms with Gasteiger partial charge in [0, 0.05) is 24.5 Å². The Balaban J connectivity index is 1.71. The van der Waals surface area contributed by atoms with Crippen molar-refractivity contribution in [1.29, 1.82) is 0 Å². The van der Waals surface area contributed by atoms with Crippen molar-refractivity contribution >= 4 is 22.5 Å². The van der Waals surface area contributed by atoms with Gasteiger partial charge in [-0.15, -0.1) is 0 Å². The van der Waals surface area contributed by atoms with E-state index in [1.165, 1.54) is 5.57 Å². The summed E-state index contributed by atoms with van der Waals surface area (Å²) < 4.78 is 6.99. The number of carbonyl (C=O) groups is 1. The Labute approximate surface area is 152 Å². The summed E-state index contributed by atoms with van der Waals surface area (Å²) >= 11 is 0. The number of nitrogens with one attached hydrogen (secondary N) is 1. The summed E-state index contributed by atoms with van der Waals surface area (Å²) in [5.74, 6) is 0.784. The Morgan fingerprint density at radius 2 is 2.23 bits per heavy atom. The number of nitrogens with zero attached hydrogens (tertiary/aromatic N) is 2. The van der Waals surface area contributed by atoms with Crippen molar-refractivity contribution < 1.29 is 9.53 Å². The number of methoxy groups -OCH3 is 1. The van der Waals surface area contributed by atoms with Crippen LogP contribution in [-0.4, -0.2) is 35.7 Å². The highest BCUT2D eigenvalue weighted by Crippen LogP contribution is 2.28. The first-order valence-electron chi connectivity index (χ1n) is 8.78. The second-order valence-electron chi connectivity index (χ2n) is 6.39. The first kappa shape index (κ1) is 16.5. The fraction of sp³-hybridized carbons (Fsp3) is 0.238. The number of carbonyl (C=O) groups excluding carboxylic acids is 1. The molecule has 0 saturated heterocycles. The lowest BCUT2D eigenvalue weighted by Gasteiger charge is -2.12. The highest BCUT2D eigenvalue weighted by Gasteiger charge is 2.18. The van der Waals surface area contributed by atoms with Crippen LogP contribution in [0.15, 0.2) is 54.9 Å². The van der Waals surface area contributed by atoms with E-state index in [-0.39, 0.29) is 5.91 Å². The standard InChI is InChI=1S/C21H21N3O2/c1-26-17-5-2-4-15(12-17)13-20(25)24-14-18(16-7-10-22-11-8-16)21-19(24)6-3-9-23-21/h2-7,9,12,14,22H,8,10-11,13H2,1H3. The molecule has 5 heteroatoms. The number of rotatable bonds is 4. The molecule has 1 aliphatic rings. The molecule has 0 atom stereocenters. The van der Waals surface area contributed by atoms with Gasteiger partial charge >= 0.3 is 0 Å². The van der Waals surface area contributed by atoms with Crippen LogP contribution in [0.2, 0.25) is 0 Å². The van der Waals surface area contributed by atoms with E-state index in [0.29, 0.717) is 6.42 Å². The zero-order valence-electron chi connectivity index (χ0n) is 14.7. The largest absolute Gasteiger partial charge is 0.497 e. The van der Waals surface area contributed by atoms with Crippen molar-refractivity contribution in [2.75, 3.05) is 20.2 Å². The Hall–Kier alpha value is -2.92. The SMILES string of the molecule is COc1cccc(CC(=O)n2cc(C3=CCNCC3)c3ncccc32)c1. The van der Waals surface area contributed by atoms with Gasteiger partial charge in [0.25, 0.3) is 0 Å². The summed E-state index contributed by atoms with van der Waals surface area (Å²) in [7, 11) is 1.63. The topological polar surface area (TPSA) is 56.1 Å². The van der Waals surface area contributed by atoms with E-state index in [1.54, 1.807) is 17.9 Å². The predicted molar refractivity (Wildman–Crippen MR) is 103 cm³/mol. The number of hydrogen-bond acceptors (Lipinski definition) is 4. The number of hydrogen-bond donors (Lipinski definition) is 1. The molecule has 0 bridgehead atoms. The Morgan fingerprint density at radius 3 is 3.04 bits per heavy atom. The van der Waals surface area contributed by atoms with Crippen LogP contribution in [0.1, 0.15) is 22.3 Å². The highest BCUT2D eigenvalue weighted by molar-refractivity contribution is 5.98. The maximum Gasteiger partial charge on any atom is 0.235 e. The number of aromatic nitrogens is 2. The Bertz CT molecular complexity index is 988. The van der Waals surface area contributed by atoms with Crippen molar-refractivity contribution in [1.82, 2.24) is 14.9 Å². The number of benzene rings is 1. The lowest BCUT2D eigenvalue weighted by molar-refractivity contribution is 0.0919. The predicted octanol–water partition coefficient (Wildman–Crippen LogP) is 3.30. The number of ether oxygens (including phenoxy) is 1. The molecule has 5 nitrogen and oxygen atoms in total. The third kappa shape index (κ3) is 3.13. The molecule has 26 heavy (non-hydrogen) atoms. The summed E-state index contributed by atoms with van der Waals surface area (Å²) in [6.07, 6.45) is 7.17. The molecular weight excluding hydrogens is 326 g/mol. The third-order valence-electron chi connectivity index (χ3n) is 4.73. The van der Waals surface area contributed by atoms with Gasteiger partial charge in [-0.3, -0.25) is 14.3 Å².